The van der Waals surface area contributed by atoms with Crippen molar-refractivity contribution < 1.29 is 4.52 Å². The van der Waals surface area contributed by atoms with Gasteiger partial charge in [-0.15, -0.1) is 0 Å². The summed E-state index contributed by atoms with van der Waals surface area (Å²) in [6.07, 6.45) is 3.33. The first-order valence-corrected chi connectivity index (χ1v) is 9.12. The Morgan fingerprint density at radius 2 is 1.88 bits per heavy atom. The second-order valence-corrected chi connectivity index (χ2v) is 7.02. The third kappa shape index (κ3) is 3.89. The second kappa shape index (κ2) is 7.33. The highest BCUT2D eigenvalue weighted by Crippen LogP contribution is 2.24. The maximum Gasteiger partial charge on any atom is 0.241 e. The molecule has 0 unspecified atom stereocenters. The van der Waals surface area contributed by atoms with E-state index in [0.29, 0.717) is 18.3 Å². The summed E-state index contributed by atoms with van der Waals surface area (Å²) in [4.78, 5) is 6.86. The van der Waals surface area contributed by atoms with Gasteiger partial charge in [-0.05, 0) is 29.7 Å². The molecule has 1 aromatic heterocycles. The number of nitrogens with zero attached hydrogens (tertiary/aromatic N) is 3. The summed E-state index contributed by atoms with van der Waals surface area (Å²) in [5.41, 5.74) is 3.68. The van der Waals surface area contributed by atoms with E-state index in [0.717, 1.165) is 29.5 Å². The number of halogens is 1. The zero-order valence-electron chi connectivity index (χ0n) is 13.7. The molecular formula is C20H18BrN3O. The van der Waals surface area contributed by atoms with Crippen molar-refractivity contribution in [1.82, 2.24) is 15.0 Å². The van der Waals surface area contributed by atoms with Crippen LogP contribution in [0.25, 0.3) is 17.0 Å². The first-order valence-electron chi connectivity index (χ1n) is 8.33. The molecule has 0 aliphatic carbocycles. The smallest absolute Gasteiger partial charge is 0.241 e. The Kier molecular flexibility index (Phi) is 4.76. The molecule has 4 nitrogen and oxygen atoms in total. The summed E-state index contributed by atoms with van der Waals surface area (Å²) in [6.45, 7) is 2.58. The predicted molar refractivity (Wildman–Crippen MR) is 102 cm³/mol. The Bertz CT molecular complexity index is 889. The molecule has 0 bridgehead atoms. The van der Waals surface area contributed by atoms with Crippen molar-refractivity contribution in [2.24, 2.45) is 0 Å². The standard InChI is InChI=1S/C20H18BrN3O/c21-18-8-4-7-17(13-18)20-22-19(25-23-20)14-24-11-9-16(10-12-24)15-5-2-1-3-6-15/h1-9,13H,10-12,14H2. The monoisotopic (exact) mass is 395 g/mol. The van der Waals surface area contributed by atoms with E-state index in [9.17, 15) is 0 Å². The van der Waals surface area contributed by atoms with E-state index in [1.165, 1.54) is 11.1 Å². The highest BCUT2D eigenvalue weighted by molar-refractivity contribution is 9.10. The van der Waals surface area contributed by atoms with Crippen LogP contribution in [0.4, 0.5) is 0 Å². The van der Waals surface area contributed by atoms with Crippen LogP contribution in [-0.4, -0.2) is 28.1 Å². The van der Waals surface area contributed by atoms with Crippen LogP contribution in [0.15, 0.2) is 69.7 Å². The quantitative estimate of drug-likeness (QED) is 0.636. The normalized spacial score (nSPS) is 15.2. The Labute approximate surface area is 155 Å². The second-order valence-electron chi connectivity index (χ2n) is 6.10. The number of hydrogen-bond acceptors (Lipinski definition) is 4. The van der Waals surface area contributed by atoms with Gasteiger partial charge in [-0.25, -0.2) is 0 Å². The molecule has 126 valence electrons. The Morgan fingerprint density at radius 3 is 2.64 bits per heavy atom. The van der Waals surface area contributed by atoms with Crippen LogP contribution in [0.3, 0.4) is 0 Å². The summed E-state index contributed by atoms with van der Waals surface area (Å²) in [5.74, 6) is 1.29. The van der Waals surface area contributed by atoms with E-state index < -0.39 is 0 Å². The SMILES string of the molecule is Brc1cccc(-c2noc(CN3CC=C(c4ccccc4)CC3)n2)c1. The van der Waals surface area contributed by atoms with Crippen LogP contribution in [0, 0.1) is 0 Å². The van der Waals surface area contributed by atoms with Gasteiger partial charge in [-0.3, -0.25) is 4.90 Å². The Morgan fingerprint density at radius 1 is 1.04 bits per heavy atom. The van der Waals surface area contributed by atoms with E-state index in [-0.39, 0.29) is 0 Å². The number of hydrogen-bond donors (Lipinski definition) is 0. The lowest BCUT2D eigenvalue weighted by molar-refractivity contribution is 0.245. The summed E-state index contributed by atoms with van der Waals surface area (Å²) >= 11 is 3.47. The fourth-order valence-electron chi connectivity index (χ4n) is 3.02. The molecule has 0 saturated heterocycles. The van der Waals surface area contributed by atoms with Gasteiger partial charge in [0, 0.05) is 23.1 Å². The van der Waals surface area contributed by atoms with E-state index in [1.807, 2.05) is 24.3 Å². The molecule has 25 heavy (non-hydrogen) atoms. The van der Waals surface area contributed by atoms with Gasteiger partial charge in [0.15, 0.2) is 0 Å². The molecule has 0 amide bonds. The van der Waals surface area contributed by atoms with Gasteiger partial charge < -0.3 is 4.52 Å². The molecule has 2 heterocycles. The number of benzene rings is 2. The third-order valence-corrected chi connectivity index (χ3v) is 4.84. The molecule has 4 rings (SSSR count). The molecule has 3 aromatic rings. The fourth-order valence-corrected chi connectivity index (χ4v) is 3.42. The average Bonchev–Trinajstić information content (AvgIpc) is 3.12. The lowest BCUT2D eigenvalue weighted by Crippen LogP contribution is -2.28. The average molecular weight is 396 g/mol. The summed E-state index contributed by atoms with van der Waals surface area (Å²) in [6, 6.07) is 18.5. The van der Waals surface area contributed by atoms with Crippen LogP contribution in [-0.2, 0) is 6.54 Å². The maximum atomic E-state index is 5.43. The van der Waals surface area contributed by atoms with Crippen molar-refractivity contribution in [3.8, 4) is 11.4 Å². The fraction of sp³-hybridized carbons (Fsp3) is 0.200. The van der Waals surface area contributed by atoms with Crippen LogP contribution in [0.2, 0.25) is 0 Å². The van der Waals surface area contributed by atoms with Crippen molar-refractivity contribution in [2.45, 2.75) is 13.0 Å². The summed E-state index contributed by atoms with van der Waals surface area (Å²) in [5, 5.41) is 4.11. The first-order chi connectivity index (χ1) is 12.3. The molecule has 1 aliphatic rings. The van der Waals surface area contributed by atoms with E-state index in [2.05, 4.69) is 67.4 Å². The van der Waals surface area contributed by atoms with E-state index in [1.54, 1.807) is 0 Å². The van der Waals surface area contributed by atoms with Crippen LogP contribution in [0.1, 0.15) is 17.9 Å². The highest BCUT2D eigenvalue weighted by atomic mass is 79.9. The minimum Gasteiger partial charge on any atom is -0.338 e. The number of aromatic nitrogens is 2. The highest BCUT2D eigenvalue weighted by Gasteiger charge is 2.16. The molecule has 2 aromatic carbocycles. The van der Waals surface area contributed by atoms with Gasteiger partial charge in [-0.1, -0.05) is 69.6 Å². The predicted octanol–water partition coefficient (Wildman–Crippen LogP) is 4.79. The summed E-state index contributed by atoms with van der Waals surface area (Å²) in [7, 11) is 0. The van der Waals surface area contributed by atoms with Crippen molar-refractivity contribution in [3.05, 3.63) is 76.6 Å². The first kappa shape index (κ1) is 16.2. The van der Waals surface area contributed by atoms with Crippen LogP contribution in [0.5, 0.6) is 0 Å². The zero-order valence-corrected chi connectivity index (χ0v) is 15.3. The topological polar surface area (TPSA) is 42.2 Å². The van der Waals surface area contributed by atoms with Gasteiger partial charge >= 0.3 is 0 Å². The van der Waals surface area contributed by atoms with Gasteiger partial charge in [0.1, 0.15) is 0 Å². The Balaban J connectivity index is 1.42. The van der Waals surface area contributed by atoms with Crippen molar-refractivity contribution in [2.75, 3.05) is 13.1 Å². The minimum atomic E-state index is 0.633. The van der Waals surface area contributed by atoms with Crippen LogP contribution < -0.4 is 0 Å². The molecule has 1 aliphatic heterocycles. The number of rotatable bonds is 4. The lowest BCUT2D eigenvalue weighted by atomic mass is 10.00. The minimum absolute atomic E-state index is 0.633. The Hall–Kier alpha value is -2.24. The molecule has 0 radical (unpaired) electrons. The maximum absolute atomic E-state index is 5.43. The molecule has 0 fully saturated rings. The third-order valence-electron chi connectivity index (χ3n) is 4.35. The van der Waals surface area contributed by atoms with Gasteiger partial charge in [0.05, 0.1) is 6.54 Å². The van der Waals surface area contributed by atoms with Crippen molar-refractivity contribution in [3.63, 3.8) is 0 Å². The van der Waals surface area contributed by atoms with E-state index >= 15 is 0 Å². The molecule has 0 saturated carbocycles. The zero-order chi connectivity index (χ0) is 17.1. The van der Waals surface area contributed by atoms with Gasteiger partial charge in [0.25, 0.3) is 0 Å². The molecule has 0 atom stereocenters. The summed E-state index contributed by atoms with van der Waals surface area (Å²) < 4.78 is 6.44. The van der Waals surface area contributed by atoms with Crippen molar-refractivity contribution >= 4 is 21.5 Å². The molecular weight excluding hydrogens is 378 g/mol. The largest absolute Gasteiger partial charge is 0.338 e. The van der Waals surface area contributed by atoms with Crippen LogP contribution >= 0.6 is 15.9 Å². The van der Waals surface area contributed by atoms with Crippen molar-refractivity contribution in [1.29, 1.82) is 0 Å². The molecule has 0 spiro atoms. The van der Waals surface area contributed by atoms with E-state index in [4.69, 9.17) is 4.52 Å². The molecule has 0 N–H and O–H groups in total. The van der Waals surface area contributed by atoms with Gasteiger partial charge in [-0.2, -0.15) is 4.98 Å². The van der Waals surface area contributed by atoms with Gasteiger partial charge in [0.2, 0.25) is 11.7 Å². The lowest BCUT2D eigenvalue weighted by Gasteiger charge is -2.24. The molecule has 5 heteroatoms.